The Labute approximate surface area is 220 Å². The second-order valence-corrected chi connectivity index (χ2v) is 11.7. The van der Waals surface area contributed by atoms with E-state index in [1.165, 1.54) is 60.9 Å². The minimum Gasteiger partial charge on any atom is -0.341 e. The quantitative estimate of drug-likeness (QED) is 0.461. The number of fused-ring (bicyclic) bond motifs is 1. The third kappa shape index (κ3) is 6.35. The fourth-order valence-corrected chi connectivity index (χ4v) is 6.33. The van der Waals surface area contributed by atoms with Gasteiger partial charge in [-0.1, -0.05) is 13.3 Å². The van der Waals surface area contributed by atoms with Crippen LogP contribution in [-0.2, 0) is 27.8 Å². The van der Waals surface area contributed by atoms with Crippen molar-refractivity contribution in [1.29, 1.82) is 0 Å². The average Bonchev–Trinajstić information content (AvgIpc) is 3.23. The van der Waals surface area contributed by atoms with Crippen LogP contribution in [0.2, 0.25) is 0 Å². The molecule has 1 aliphatic heterocycles. The number of carbonyl (C=O) groups is 4. The molecular weight excluding hydrogens is 518 g/mol. The lowest BCUT2D eigenvalue weighted by Gasteiger charge is -2.26. The van der Waals surface area contributed by atoms with E-state index in [4.69, 9.17) is 0 Å². The molecule has 1 aliphatic rings. The van der Waals surface area contributed by atoms with Gasteiger partial charge in [0.1, 0.15) is 5.00 Å². The van der Waals surface area contributed by atoms with Gasteiger partial charge in [-0.05, 0) is 42.7 Å². The highest BCUT2D eigenvalue weighted by Crippen LogP contribution is 2.37. The molecule has 0 radical (unpaired) electrons. The summed E-state index contributed by atoms with van der Waals surface area (Å²) in [7, 11) is -0.782. The van der Waals surface area contributed by atoms with Crippen LogP contribution >= 0.6 is 11.3 Å². The normalized spacial score (nSPS) is 13.2. The number of hydrogen-bond donors (Lipinski definition) is 3. The maximum atomic E-state index is 13.0. The van der Waals surface area contributed by atoms with Crippen LogP contribution in [0, 0.1) is 0 Å². The number of urea groups is 1. The molecule has 11 nitrogen and oxygen atoms in total. The molecule has 3 N–H and O–H groups in total. The van der Waals surface area contributed by atoms with Gasteiger partial charge in [-0.2, -0.15) is 0 Å². The SMILES string of the molecule is CCCCN(C)S(=O)(=O)c1ccc(C(=O)Nc2sc3c(c2C(=O)NC(=O)NC)CCN(C(C)=O)C3)cc1. The molecule has 0 fully saturated rings. The summed E-state index contributed by atoms with van der Waals surface area (Å²) in [5, 5.41) is 7.54. The van der Waals surface area contributed by atoms with E-state index >= 15 is 0 Å². The molecule has 3 rings (SSSR count). The van der Waals surface area contributed by atoms with Crippen LogP contribution in [-0.4, -0.2) is 68.6 Å². The maximum Gasteiger partial charge on any atom is 0.321 e. The van der Waals surface area contributed by atoms with E-state index in [0.717, 1.165) is 17.7 Å². The highest BCUT2D eigenvalue weighted by atomic mass is 32.2. The Morgan fingerprint density at radius 3 is 2.38 bits per heavy atom. The largest absolute Gasteiger partial charge is 0.341 e. The van der Waals surface area contributed by atoms with E-state index in [-0.39, 0.29) is 26.9 Å². The molecule has 0 aliphatic carbocycles. The first-order valence-corrected chi connectivity index (χ1v) is 14.1. The second-order valence-electron chi connectivity index (χ2n) is 8.59. The summed E-state index contributed by atoms with van der Waals surface area (Å²) in [6.45, 7) is 4.54. The van der Waals surface area contributed by atoms with Gasteiger partial charge in [0.05, 0.1) is 17.0 Å². The van der Waals surface area contributed by atoms with Crippen molar-refractivity contribution < 1.29 is 27.6 Å². The van der Waals surface area contributed by atoms with Crippen LogP contribution in [0.3, 0.4) is 0 Å². The minimum atomic E-state index is -3.68. The Hall–Kier alpha value is -3.29. The third-order valence-electron chi connectivity index (χ3n) is 6.06. The number of carbonyl (C=O) groups excluding carboxylic acids is 4. The first-order chi connectivity index (χ1) is 17.5. The van der Waals surface area contributed by atoms with E-state index in [9.17, 15) is 27.6 Å². The molecule has 13 heteroatoms. The highest BCUT2D eigenvalue weighted by Gasteiger charge is 2.30. The summed E-state index contributed by atoms with van der Waals surface area (Å²) in [5.74, 6) is -1.31. The van der Waals surface area contributed by atoms with E-state index < -0.39 is 27.9 Å². The summed E-state index contributed by atoms with van der Waals surface area (Å²) < 4.78 is 26.8. The van der Waals surface area contributed by atoms with Crippen LogP contribution in [0.1, 0.15) is 57.8 Å². The third-order valence-corrected chi connectivity index (χ3v) is 9.06. The van der Waals surface area contributed by atoms with Gasteiger partial charge in [-0.15, -0.1) is 11.3 Å². The van der Waals surface area contributed by atoms with Crippen LogP contribution in [0.4, 0.5) is 9.80 Å². The number of anilines is 1. The van der Waals surface area contributed by atoms with Crippen molar-refractivity contribution in [2.45, 2.75) is 44.6 Å². The van der Waals surface area contributed by atoms with Gasteiger partial charge in [0.25, 0.3) is 11.8 Å². The molecule has 5 amide bonds. The standard InChI is InChI=1S/C24H31N5O6S2/c1-5-6-12-28(4)37(34,35)17-9-7-16(8-10-17)21(31)26-23-20(22(32)27-24(33)25-3)18-11-13-29(15(2)30)14-19(18)36-23/h7-10H,5-6,11-14H2,1-4H3,(H,26,31)(H2,25,27,32,33). The lowest BCUT2D eigenvalue weighted by molar-refractivity contribution is -0.129. The second kappa shape index (κ2) is 11.8. The molecule has 0 unspecified atom stereocenters. The predicted octanol–water partition coefficient (Wildman–Crippen LogP) is 2.39. The molecule has 37 heavy (non-hydrogen) atoms. The molecule has 0 spiro atoms. The highest BCUT2D eigenvalue weighted by molar-refractivity contribution is 7.89. The molecule has 0 saturated heterocycles. The predicted molar refractivity (Wildman–Crippen MR) is 140 cm³/mol. The number of rotatable bonds is 8. The van der Waals surface area contributed by atoms with Crippen LogP contribution in [0.15, 0.2) is 29.2 Å². The first kappa shape index (κ1) is 28.3. The summed E-state index contributed by atoms with van der Waals surface area (Å²) >= 11 is 1.17. The zero-order valence-corrected chi connectivity index (χ0v) is 22.8. The molecule has 1 aromatic carbocycles. The molecule has 200 valence electrons. The van der Waals surface area contributed by atoms with E-state index in [2.05, 4.69) is 16.0 Å². The number of hydrogen-bond acceptors (Lipinski definition) is 7. The number of amides is 5. The molecule has 0 saturated carbocycles. The van der Waals surface area contributed by atoms with Gasteiger partial charge in [-0.3, -0.25) is 19.7 Å². The van der Waals surface area contributed by atoms with Crippen molar-refractivity contribution in [3.8, 4) is 0 Å². The summed E-state index contributed by atoms with van der Waals surface area (Å²) in [4.78, 5) is 52.1. The van der Waals surface area contributed by atoms with Crippen molar-refractivity contribution in [2.75, 3.05) is 32.5 Å². The average molecular weight is 550 g/mol. The first-order valence-electron chi connectivity index (χ1n) is 11.8. The zero-order valence-electron chi connectivity index (χ0n) is 21.2. The molecule has 2 heterocycles. The molecule has 1 aromatic heterocycles. The van der Waals surface area contributed by atoms with Crippen LogP contribution < -0.4 is 16.0 Å². The van der Waals surface area contributed by atoms with Crippen molar-refractivity contribution in [3.05, 3.63) is 45.8 Å². The Balaban J connectivity index is 1.87. The monoisotopic (exact) mass is 549 g/mol. The Morgan fingerprint density at radius 2 is 1.78 bits per heavy atom. The van der Waals surface area contributed by atoms with Crippen molar-refractivity contribution in [3.63, 3.8) is 0 Å². The van der Waals surface area contributed by atoms with Crippen LogP contribution in [0.25, 0.3) is 0 Å². The number of nitrogens with zero attached hydrogens (tertiary/aromatic N) is 2. The minimum absolute atomic E-state index is 0.0733. The van der Waals surface area contributed by atoms with Gasteiger partial charge >= 0.3 is 6.03 Å². The number of nitrogens with one attached hydrogen (secondary N) is 3. The van der Waals surface area contributed by atoms with E-state index in [1.807, 2.05) is 6.92 Å². The number of thiophene rings is 1. The van der Waals surface area contributed by atoms with E-state index in [1.54, 1.807) is 4.90 Å². The van der Waals surface area contributed by atoms with Gasteiger partial charge in [0.15, 0.2) is 0 Å². The maximum absolute atomic E-state index is 13.0. The van der Waals surface area contributed by atoms with Crippen LogP contribution in [0.5, 0.6) is 0 Å². The Kier molecular flexibility index (Phi) is 9.05. The lowest BCUT2D eigenvalue weighted by Crippen LogP contribution is -2.39. The summed E-state index contributed by atoms with van der Waals surface area (Å²) in [5.41, 5.74) is 1.05. The topological polar surface area (TPSA) is 145 Å². The molecule has 0 atom stereocenters. The Morgan fingerprint density at radius 1 is 1.11 bits per heavy atom. The lowest BCUT2D eigenvalue weighted by atomic mass is 10.0. The molecular formula is C24H31N5O6S2. The summed E-state index contributed by atoms with van der Waals surface area (Å²) in [6, 6.07) is 4.87. The fraction of sp³-hybridized carbons (Fsp3) is 0.417. The smallest absolute Gasteiger partial charge is 0.321 e. The molecule has 2 aromatic rings. The van der Waals surface area contributed by atoms with Gasteiger partial charge < -0.3 is 15.5 Å². The molecule has 0 bridgehead atoms. The van der Waals surface area contributed by atoms with E-state index in [0.29, 0.717) is 31.6 Å². The number of unbranched alkanes of at least 4 members (excludes halogenated alkanes) is 1. The van der Waals surface area contributed by atoms with Gasteiger partial charge in [-0.25, -0.2) is 17.5 Å². The van der Waals surface area contributed by atoms with Crippen molar-refractivity contribution >= 4 is 50.1 Å². The fourth-order valence-electron chi connectivity index (χ4n) is 3.86. The van der Waals surface area contributed by atoms with Gasteiger partial charge in [0.2, 0.25) is 15.9 Å². The Bertz CT molecular complexity index is 1300. The van der Waals surface area contributed by atoms with Crippen molar-refractivity contribution in [1.82, 2.24) is 19.8 Å². The van der Waals surface area contributed by atoms with Gasteiger partial charge in [0, 0.05) is 44.5 Å². The number of benzene rings is 1. The number of imide groups is 1. The summed E-state index contributed by atoms with van der Waals surface area (Å²) in [6.07, 6.45) is 2.00. The zero-order chi connectivity index (χ0) is 27.3. The number of sulfonamides is 1. The van der Waals surface area contributed by atoms with Crippen molar-refractivity contribution in [2.24, 2.45) is 0 Å².